The normalized spacial score (nSPS) is 12.4. The second kappa shape index (κ2) is 9.82. The third-order valence-electron chi connectivity index (χ3n) is 4.28. The van der Waals surface area contributed by atoms with E-state index < -0.39 is 10.0 Å². The fourth-order valence-electron chi connectivity index (χ4n) is 2.89. The second-order valence-electron chi connectivity index (χ2n) is 6.39. The van der Waals surface area contributed by atoms with Crippen molar-refractivity contribution in [2.75, 3.05) is 6.61 Å². The van der Waals surface area contributed by atoms with E-state index >= 15 is 0 Å². The number of aromatic nitrogens is 1. The van der Waals surface area contributed by atoms with Crippen molar-refractivity contribution in [2.24, 2.45) is 0 Å². The number of hydrogen-bond donors (Lipinski definition) is 2. The minimum Gasteiger partial charge on any atom is -0.396 e. The van der Waals surface area contributed by atoms with Crippen molar-refractivity contribution in [1.82, 2.24) is 9.88 Å². The number of benzene rings is 2. The number of nitrogens with zero attached hydrogens (tertiary/aromatic N) is 1. The van der Waals surface area contributed by atoms with Crippen molar-refractivity contribution >= 4 is 39.6 Å². The molecule has 2 N–H and O–H groups in total. The summed E-state index contributed by atoms with van der Waals surface area (Å²) >= 11 is 0. The molecule has 0 amide bonds. The van der Waals surface area contributed by atoms with Crippen LogP contribution in [0, 0.1) is 6.92 Å². The summed E-state index contributed by atoms with van der Waals surface area (Å²) < 4.78 is 32.8. The minimum atomic E-state index is -3.64. The van der Waals surface area contributed by atoms with E-state index in [2.05, 4.69) is 9.88 Å². The maximum atomic E-state index is 12.4. The Bertz CT molecular complexity index is 1000. The quantitative estimate of drug-likeness (QED) is 0.586. The first-order valence-corrected chi connectivity index (χ1v) is 10.2. The fraction of sp³-hybridized carbons (Fsp3) is 0.250. The van der Waals surface area contributed by atoms with E-state index in [1.165, 1.54) is 0 Å². The number of hydrogen-bond acceptors (Lipinski definition) is 5. The summed E-state index contributed by atoms with van der Waals surface area (Å²) in [4.78, 5) is 0.173. The van der Waals surface area contributed by atoms with Crippen molar-refractivity contribution in [3.8, 4) is 22.4 Å². The van der Waals surface area contributed by atoms with Gasteiger partial charge in [-0.25, -0.2) is 13.1 Å². The number of aryl methyl sites for hydroxylation is 1. The first-order valence-electron chi connectivity index (χ1n) is 8.67. The van der Waals surface area contributed by atoms with Gasteiger partial charge in [-0.2, -0.15) is 0 Å². The molecule has 3 rings (SSSR count). The van der Waals surface area contributed by atoms with Crippen LogP contribution >= 0.6 is 0 Å². The maximum absolute atomic E-state index is 12.4. The van der Waals surface area contributed by atoms with Crippen LogP contribution in [-0.4, -0.2) is 60.9 Å². The van der Waals surface area contributed by atoms with Gasteiger partial charge in [0.25, 0.3) is 0 Å². The molecule has 2 aromatic carbocycles. The minimum absolute atomic E-state index is 0. The molecule has 0 aliphatic rings. The largest absolute Gasteiger partial charge is 0.396 e. The Balaban J connectivity index is 0.00000280. The molecule has 143 valence electrons. The Morgan fingerprint density at radius 1 is 1.07 bits per heavy atom. The van der Waals surface area contributed by atoms with Crippen LogP contribution in [0.25, 0.3) is 22.4 Å². The summed E-state index contributed by atoms with van der Waals surface area (Å²) in [6.45, 7) is 3.48. The predicted octanol–water partition coefficient (Wildman–Crippen LogP) is 2.99. The van der Waals surface area contributed by atoms with E-state index in [1.807, 2.05) is 37.3 Å². The van der Waals surface area contributed by atoms with E-state index in [-0.39, 0.29) is 47.1 Å². The molecule has 28 heavy (non-hydrogen) atoms. The number of aliphatic hydroxyl groups is 1. The van der Waals surface area contributed by atoms with Crippen LogP contribution in [0.3, 0.4) is 0 Å². The Morgan fingerprint density at radius 3 is 2.32 bits per heavy atom. The molecule has 3 aromatic rings. The van der Waals surface area contributed by atoms with Crippen LogP contribution in [0.1, 0.15) is 19.1 Å². The number of rotatable bonds is 7. The summed E-state index contributed by atoms with van der Waals surface area (Å²) in [5, 5.41) is 13.1. The third kappa shape index (κ3) is 5.11. The average Bonchev–Trinajstić information content (AvgIpc) is 3.04. The molecule has 6 nitrogen and oxygen atoms in total. The Hall–Kier alpha value is -1.48. The van der Waals surface area contributed by atoms with Crippen LogP contribution in [-0.2, 0) is 10.0 Å². The third-order valence-corrected chi connectivity index (χ3v) is 5.89. The van der Waals surface area contributed by atoms with Gasteiger partial charge in [0.2, 0.25) is 10.0 Å². The molecule has 0 spiro atoms. The molecule has 0 saturated carbocycles. The number of sulfonamides is 1. The monoisotopic (exact) mass is 409 g/mol. The zero-order chi connectivity index (χ0) is 19.4. The molecular weight excluding hydrogens is 387 g/mol. The van der Waals surface area contributed by atoms with Crippen molar-refractivity contribution in [3.05, 3.63) is 60.4 Å². The van der Waals surface area contributed by atoms with Gasteiger partial charge in [0.15, 0.2) is 0 Å². The average molecular weight is 409 g/mol. The summed E-state index contributed by atoms with van der Waals surface area (Å²) in [6.07, 6.45) is 0.359. The van der Waals surface area contributed by atoms with Crippen LogP contribution < -0.4 is 4.72 Å². The summed E-state index contributed by atoms with van der Waals surface area (Å²) in [5.74, 6) is 0.666. The molecule has 8 heteroatoms. The van der Waals surface area contributed by atoms with Gasteiger partial charge in [-0.1, -0.05) is 47.6 Å². The Kier molecular flexibility index (Phi) is 8.00. The van der Waals surface area contributed by atoms with Gasteiger partial charge < -0.3 is 9.63 Å². The predicted molar refractivity (Wildman–Crippen MR) is 109 cm³/mol. The van der Waals surface area contributed by atoms with E-state index in [9.17, 15) is 8.42 Å². The van der Waals surface area contributed by atoms with Gasteiger partial charge >= 0.3 is 0 Å². The van der Waals surface area contributed by atoms with Gasteiger partial charge in [-0.15, -0.1) is 0 Å². The smallest absolute Gasteiger partial charge is 0.240 e. The molecule has 1 aromatic heterocycles. The molecule has 0 aliphatic heterocycles. The summed E-state index contributed by atoms with van der Waals surface area (Å²) in [6, 6.07) is 16.0. The van der Waals surface area contributed by atoms with E-state index in [1.54, 1.807) is 31.2 Å². The van der Waals surface area contributed by atoms with Gasteiger partial charge in [0.05, 0.1) is 10.5 Å². The first kappa shape index (κ1) is 22.8. The molecule has 0 bridgehead atoms. The summed E-state index contributed by atoms with van der Waals surface area (Å²) in [5.41, 5.74) is 3.32. The number of nitrogens with one attached hydrogen (secondary N) is 1. The van der Waals surface area contributed by atoms with Crippen LogP contribution in [0.5, 0.6) is 0 Å². The van der Waals surface area contributed by atoms with Gasteiger partial charge in [0.1, 0.15) is 11.5 Å². The second-order valence-corrected chi connectivity index (χ2v) is 8.10. The topological polar surface area (TPSA) is 92.4 Å². The maximum Gasteiger partial charge on any atom is 0.240 e. The standard InChI is InChI=1S/C20H22N2O4S.Na/c1-14(12-13-23)22-27(24,25)18-10-8-16(9-11-18)19-15(2)26-21-20(19)17-6-4-3-5-7-17;/h3-11,14,22-23H,12-13H2,1-2H3;/t14-;/m1./s1. The van der Waals surface area contributed by atoms with Crippen LogP contribution in [0.4, 0.5) is 0 Å². The molecule has 1 atom stereocenters. The van der Waals surface area contributed by atoms with Crippen LogP contribution in [0.15, 0.2) is 64.0 Å². The van der Waals surface area contributed by atoms with Crippen molar-refractivity contribution in [1.29, 1.82) is 0 Å². The van der Waals surface area contributed by atoms with E-state index in [4.69, 9.17) is 9.63 Å². The SMILES string of the molecule is Cc1onc(-c2ccccc2)c1-c1ccc(S(=O)(=O)N[C@H](C)CCO)cc1.[Na]. The number of aliphatic hydroxyl groups excluding tert-OH is 1. The zero-order valence-corrected chi connectivity index (χ0v) is 19.0. The van der Waals surface area contributed by atoms with Gasteiger partial charge in [-0.05, 0) is 38.0 Å². The van der Waals surface area contributed by atoms with Crippen molar-refractivity contribution in [2.45, 2.75) is 31.2 Å². The molecule has 0 aliphatic carbocycles. The summed E-state index contributed by atoms with van der Waals surface area (Å²) in [7, 11) is -3.64. The molecule has 0 fully saturated rings. The molecular formula is C20H22N2NaO4S. The first-order chi connectivity index (χ1) is 12.9. The van der Waals surface area contributed by atoms with E-state index in [0.717, 1.165) is 22.4 Å². The molecule has 0 unspecified atom stereocenters. The molecule has 1 heterocycles. The Labute approximate surface area is 187 Å². The van der Waals surface area contributed by atoms with Crippen LogP contribution in [0.2, 0.25) is 0 Å². The molecule has 1 radical (unpaired) electrons. The Morgan fingerprint density at radius 2 is 1.71 bits per heavy atom. The fourth-order valence-corrected chi connectivity index (χ4v) is 4.17. The zero-order valence-electron chi connectivity index (χ0n) is 16.2. The van der Waals surface area contributed by atoms with Gasteiger partial charge in [0, 0.05) is 47.8 Å². The van der Waals surface area contributed by atoms with Crippen molar-refractivity contribution in [3.63, 3.8) is 0 Å². The molecule has 0 saturated heterocycles. The van der Waals surface area contributed by atoms with Gasteiger partial charge in [-0.3, -0.25) is 0 Å². The van der Waals surface area contributed by atoms with E-state index in [0.29, 0.717) is 12.2 Å². The van der Waals surface area contributed by atoms with Crippen molar-refractivity contribution < 1.29 is 18.0 Å².